The van der Waals surface area contributed by atoms with E-state index in [1.165, 1.54) is 36.4 Å². The SMILES string of the molecule is CCC(C)S(=O)(=O)Nc1ccccc1C(=O)Oc1ccc([N+](=O)[O-])cc1. The van der Waals surface area contributed by atoms with Crippen LogP contribution in [0.15, 0.2) is 48.5 Å². The molecule has 0 bridgehead atoms. The zero-order chi connectivity index (χ0) is 19.3. The number of nitro groups is 1. The van der Waals surface area contributed by atoms with Crippen molar-refractivity contribution in [2.75, 3.05) is 4.72 Å². The van der Waals surface area contributed by atoms with Crippen molar-refractivity contribution >= 4 is 27.4 Å². The van der Waals surface area contributed by atoms with Crippen molar-refractivity contribution in [3.05, 3.63) is 64.2 Å². The quantitative estimate of drug-likeness (QED) is 0.342. The summed E-state index contributed by atoms with van der Waals surface area (Å²) in [6, 6.07) is 11.1. The molecule has 0 radical (unpaired) electrons. The van der Waals surface area contributed by atoms with E-state index in [0.29, 0.717) is 6.42 Å². The number of hydrogen-bond donors (Lipinski definition) is 1. The summed E-state index contributed by atoms with van der Waals surface area (Å²) in [4.78, 5) is 22.5. The molecular formula is C17H18N2O6S. The van der Waals surface area contributed by atoms with Gasteiger partial charge >= 0.3 is 5.97 Å². The van der Waals surface area contributed by atoms with Crippen LogP contribution in [0.4, 0.5) is 11.4 Å². The van der Waals surface area contributed by atoms with Gasteiger partial charge in [0.25, 0.3) is 5.69 Å². The Bertz CT molecular complexity index is 909. The second kappa shape index (κ2) is 7.96. The number of nitrogens with zero attached hydrogens (tertiary/aromatic N) is 1. The molecule has 0 saturated carbocycles. The number of ether oxygens (including phenoxy) is 1. The van der Waals surface area contributed by atoms with Crippen LogP contribution in [-0.2, 0) is 10.0 Å². The van der Waals surface area contributed by atoms with E-state index in [1.54, 1.807) is 26.0 Å². The highest BCUT2D eigenvalue weighted by molar-refractivity contribution is 7.93. The molecule has 138 valence electrons. The van der Waals surface area contributed by atoms with Gasteiger partial charge in [-0.25, -0.2) is 13.2 Å². The molecule has 2 aromatic carbocycles. The predicted octanol–water partition coefficient (Wildman–Crippen LogP) is 3.35. The lowest BCUT2D eigenvalue weighted by Crippen LogP contribution is -2.26. The van der Waals surface area contributed by atoms with E-state index in [4.69, 9.17) is 4.74 Å². The number of nitro benzene ring substituents is 1. The summed E-state index contributed by atoms with van der Waals surface area (Å²) in [5, 5.41) is 10.0. The minimum atomic E-state index is -3.64. The zero-order valence-electron chi connectivity index (χ0n) is 14.2. The topological polar surface area (TPSA) is 116 Å². The van der Waals surface area contributed by atoms with Crippen LogP contribution >= 0.6 is 0 Å². The summed E-state index contributed by atoms with van der Waals surface area (Å²) in [5.41, 5.74) is 0.0176. The Balaban J connectivity index is 2.23. The van der Waals surface area contributed by atoms with Crippen LogP contribution < -0.4 is 9.46 Å². The van der Waals surface area contributed by atoms with Crippen molar-refractivity contribution in [1.82, 2.24) is 0 Å². The molecule has 2 rings (SSSR count). The first-order valence-corrected chi connectivity index (χ1v) is 9.36. The summed E-state index contributed by atoms with van der Waals surface area (Å²) in [6.07, 6.45) is 0.421. The van der Waals surface area contributed by atoms with Crippen LogP contribution in [0.25, 0.3) is 0 Å². The lowest BCUT2D eigenvalue weighted by Gasteiger charge is -2.15. The van der Waals surface area contributed by atoms with Gasteiger partial charge in [-0.05, 0) is 37.6 Å². The number of benzene rings is 2. The van der Waals surface area contributed by atoms with Crippen molar-refractivity contribution in [3.63, 3.8) is 0 Å². The van der Waals surface area contributed by atoms with Gasteiger partial charge in [-0.3, -0.25) is 14.8 Å². The summed E-state index contributed by atoms with van der Waals surface area (Å²) in [6.45, 7) is 3.32. The smallest absolute Gasteiger partial charge is 0.345 e. The van der Waals surface area contributed by atoms with Crippen molar-refractivity contribution in [2.24, 2.45) is 0 Å². The Morgan fingerprint density at radius 1 is 1.19 bits per heavy atom. The number of anilines is 1. The van der Waals surface area contributed by atoms with Crippen LogP contribution in [0.3, 0.4) is 0 Å². The monoisotopic (exact) mass is 378 g/mol. The van der Waals surface area contributed by atoms with Crippen molar-refractivity contribution in [2.45, 2.75) is 25.5 Å². The largest absolute Gasteiger partial charge is 0.423 e. The number of carbonyl (C=O) groups is 1. The Kier molecular flexibility index (Phi) is 5.93. The number of non-ortho nitro benzene ring substituents is 1. The Morgan fingerprint density at radius 2 is 1.81 bits per heavy atom. The molecule has 9 heteroatoms. The minimum Gasteiger partial charge on any atom is -0.423 e. The second-order valence-electron chi connectivity index (χ2n) is 5.55. The molecule has 8 nitrogen and oxygen atoms in total. The lowest BCUT2D eigenvalue weighted by molar-refractivity contribution is -0.384. The first-order valence-electron chi connectivity index (χ1n) is 7.82. The number of rotatable bonds is 7. The fraction of sp³-hybridized carbons (Fsp3) is 0.235. The molecule has 0 amide bonds. The molecule has 2 aromatic rings. The van der Waals surface area contributed by atoms with Crippen LogP contribution in [0.2, 0.25) is 0 Å². The maximum atomic E-state index is 12.4. The molecule has 0 aliphatic rings. The Labute approximate surface area is 151 Å². The van der Waals surface area contributed by atoms with E-state index in [1.807, 2.05) is 0 Å². The molecular weight excluding hydrogens is 360 g/mol. The van der Waals surface area contributed by atoms with E-state index in [9.17, 15) is 23.3 Å². The van der Waals surface area contributed by atoms with Crippen LogP contribution in [0.5, 0.6) is 5.75 Å². The van der Waals surface area contributed by atoms with Gasteiger partial charge in [0, 0.05) is 12.1 Å². The van der Waals surface area contributed by atoms with E-state index in [0.717, 1.165) is 0 Å². The summed E-state index contributed by atoms with van der Waals surface area (Å²) in [5.74, 6) is -0.665. The number of hydrogen-bond acceptors (Lipinski definition) is 6. The third kappa shape index (κ3) is 4.57. The van der Waals surface area contributed by atoms with E-state index in [2.05, 4.69) is 4.72 Å². The molecule has 1 N–H and O–H groups in total. The first kappa shape index (κ1) is 19.4. The molecule has 1 atom stereocenters. The van der Waals surface area contributed by atoms with Gasteiger partial charge in [0.1, 0.15) is 5.75 Å². The van der Waals surface area contributed by atoms with Gasteiger partial charge < -0.3 is 4.74 Å². The maximum Gasteiger partial charge on any atom is 0.345 e. The molecule has 0 fully saturated rings. The predicted molar refractivity (Wildman–Crippen MR) is 96.8 cm³/mol. The molecule has 0 aliphatic carbocycles. The molecule has 0 aliphatic heterocycles. The number of nitrogens with one attached hydrogen (secondary N) is 1. The van der Waals surface area contributed by atoms with E-state index >= 15 is 0 Å². The first-order chi connectivity index (χ1) is 12.2. The number of carbonyl (C=O) groups excluding carboxylic acids is 1. The van der Waals surface area contributed by atoms with E-state index < -0.39 is 26.2 Å². The van der Waals surface area contributed by atoms with Crippen LogP contribution in [-0.4, -0.2) is 24.6 Å². The lowest BCUT2D eigenvalue weighted by atomic mass is 10.2. The third-order valence-electron chi connectivity index (χ3n) is 3.76. The molecule has 0 aromatic heterocycles. The highest BCUT2D eigenvalue weighted by Gasteiger charge is 2.22. The Morgan fingerprint density at radius 3 is 2.38 bits per heavy atom. The van der Waals surface area contributed by atoms with Crippen molar-refractivity contribution in [1.29, 1.82) is 0 Å². The molecule has 0 spiro atoms. The summed E-state index contributed by atoms with van der Waals surface area (Å²) in [7, 11) is -3.64. The van der Waals surface area contributed by atoms with Gasteiger partial charge in [-0.2, -0.15) is 0 Å². The van der Waals surface area contributed by atoms with Gasteiger partial charge in [-0.15, -0.1) is 0 Å². The van der Waals surface area contributed by atoms with Gasteiger partial charge in [0.05, 0.1) is 21.4 Å². The summed E-state index contributed by atoms with van der Waals surface area (Å²) < 4.78 is 32.1. The standard InChI is InChI=1S/C17H18N2O6S/c1-3-12(2)26(23,24)18-16-7-5-4-6-15(16)17(20)25-14-10-8-13(9-11-14)19(21)22/h4-12,18H,3H2,1-2H3. The normalized spacial score (nSPS) is 12.2. The van der Waals surface area contributed by atoms with Gasteiger partial charge in [0.15, 0.2) is 0 Å². The highest BCUT2D eigenvalue weighted by atomic mass is 32.2. The van der Waals surface area contributed by atoms with Crippen molar-refractivity contribution < 1.29 is 22.9 Å². The highest BCUT2D eigenvalue weighted by Crippen LogP contribution is 2.22. The zero-order valence-corrected chi connectivity index (χ0v) is 15.0. The third-order valence-corrected chi connectivity index (χ3v) is 5.66. The molecule has 1 unspecified atom stereocenters. The van der Waals surface area contributed by atoms with Gasteiger partial charge in [0.2, 0.25) is 10.0 Å². The molecule has 26 heavy (non-hydrogen) atoms. The summed E-state index contributed by atoms with van der Waals surface area (Å²) >= 11 is 0. The maximum absolute atomic E-state index is 12.4. The van der Waals surface area contributed by atoms with Crippen LogP contribution in [0.1, 0.15) is 30.6 Å². The molecule has 0 saturated heterocycles. The number of esters is 1. The minimum absolute atomic E-state index is 0.0396. The molecule has 0 heterocycles. The second-order valence-corrected chi connectivity index (χ2v) is 7.65. The number of para-hydroxylation sites is 1. The fourth-order valence-corrected chi connectivity index (χ4v) is 3.15. The van der Waals surface area contributed by atoms with Crippen molar-refractivity contribution in [3.8, 4) is 5.75 Å². The van der Waals surface area contributed by atoms with E-state index in [-0.39, 0.29) is 22.7 Å². The average Bonchev–Trinajstić information content (AvgIpc) is 2.61. The fourth-order valence-electron chi connectivity index (χ4n) is 2.02. The van der Waals surface area contributed by atoms with Crippen LogP contribution in [0, 0.1) is 10.1 Å². The Hall–Kier alpha value is -2.94. The average molecular weight is 378 g/mol. The number of sulfonamides is 1. The van der Waals surface area contributed by atoms with Gasteiger partial charge in [-0.1, -0.05) is 19.1 Å².